The molecule has 0 aliphatic carbocycles. The molecule has 11 heavy (non-hydrogen) atoms. The Kier molecular flexibility index (Phi) is 3.28. The largest absolute Gasteiger partial charge is 0.142 e. The maximum absolute atomic E-state index is 5.87. The summed E-state index contributed by atoms with van der Waals surface area (Å²) >= 11 is 10.2. The molecule has 2 heteroatoms. The van der Waals surface area contributed by atoms with E-state index in [0.29, 0.717) is 0 Å². The quantitative estimate of drug-likeness (QED) is 0.671. The molecule has 60 valence electrons. The van der Waals surface area contributed by atoms with Gasteiger partial charge in [-0.05, 0) is 18.1 Å². The van der Waals surface area contributed by atoms with Crippen LogP contribution in [0.4, 0.5) is 0 Å². The predicted octanol–water partition coefficient (Wildman–Crippen LogP) is 3.58. The highest BCUT2D eigenvalue weighted by atomic mass is 35.5. The van der Waals surface area contributed by atoms with Crippen LogP contribution in [-0.4, -0.2) is 0 Å². The van der Waals surface area contributed by atoms with Crippen molar-refractivity contribution in [1.82, 2.24) is 0 Å². The first-order valence-electron chi connectivity index (χ1n) is 3.72. The van der Waals surface area contributed by atoms with Crippen LogP contribution in [0.2, 0.25) is 5.02 Å². The second-order valence-electron chi connectivity index (χ2n) is 2.50. The highest BCUT2D eigenvalue weighted by Crippen LogP contribution is 2.24. The Hall–Kier alpha value is -0.140. The number of halogens is 1. The first kappa shape index (κ1) is 8.95. The molecule has 1 aromatic rings. The van der Waals surface area contributed by atoms with Gasteiger partial charge in [0, 0.05) is 4.90 Å². The molecule has 0 saturated heterocycles. The van der Waals surface area contributed by atoms with Crippen molar-refractivity contribution >= 4 is 24.2 Å². The van der Waals surface area contributed by atoms with Crippen LogP contribution in [0.15, 0.2) is 23.1 Å². The maximum Gasteiger partial charge on any atom is 0.0542 e. The van der Waals surface area contributed by atoms with E-state index >= 15 is 0 Å². The minimum Gasteiger partial charge on any atom is -0.142 e. The fourth-order valence-corrected chi connectivity index (χ4v) is 1.49. The van der Waals surface area contributed by atoms with Gasteiger partial charge in [-0.1, -0.05) is 37.1 Å². The van der Waals surface area contributed by atoms with Gasteiger partial charge in [-0.15, -0.1) is 12.6 Å². The first-order valence-corrected chi connectivity index (χ1v) is 4.54. The molecule has 0 spiro atoms. The van der Waals surface area contributed by atoms with Crippen molar-refractivity contribution in [3.05, 3.63) is 28.8 Å². The van der Waals surface area contributed by atoms with E-state index in [4.69, 9.17) is 11.6 Å². The monoisotopic (exact) mass is 186 g/mol. The van der Waals surface area contributed by atoms with Crippen LogP contribution in [0, 0.1) is 0 Å². The van der Waals surface area contributed by atoms with Crippen LogP contribution in [0.1, 0.15) is 18.9 Å². The van der Waals surface area contributed by atoms with Gasteiger partial charge >= 0.3 is 0 Å². The molecule has 0 nitrogen and oxygen atoms in total. The first-order chi connectivity index (χ1) is 5.25. The third-order valence-corrected chi connectivity index (χ3v) is 2.56. The van der Waals surface area contributed by atoms with Gasteiger partial charge in [-0.3, -0.25) is 0 Å². The minimum absolute atomic E-state index is 0.749. The lowest BCUT2D eigenvalue weighted by Crippen LogP contribution is -1.85. The standard InChI is InChI=1S/C9H11ClS/c1-2-4-7-5-3-6-8(10)9(7)11/h3,5-6,11H,2,4H2,1H3. The number of hydrogen-bond donors (Lipinski definition) is 1. The van der Waals surface area contributed by atoms with E-state index < -0.39 is 0 Å². The lowest BCUT2D eigenvalue weighted by atomic mass is 10.1. The molecule has 0 bridgehead atoms. The number of benzene rings is 1. The molecule has 0 aliphatic rings. The van der Waals surface area contributed by atoms with Gasteiger partial charge in [0.1, 0.15) is 0 Å². The number of hydrogen-bond acceptors (Lipinski definition) is 1. The Labute approximate surface area is 78.0 Å². The average molecular weight is 187 g/mol. The van der Waals surface area contributed by atoms with Crippen LogP contribution < -0.4 is 0 Å². The summed E-state index contributed by atoms with van der Waals surface area (Å²) in [6.45, 7) is 2.15. The van der Waals surface area contributed by atoms with Crippen LogP contribution >= 0.6 is 24.2 Å². The van der Waals surface area contributed by atoms with E-state index in [2.05, 4.69) is 25.6 Å². The van der Waals surface area contributed by atoms with Gasteiger partial charge < -0.3 is 0 Å². The highest BCUT2D eigenvalue weighted by molar-refractivity contribution is 7.80. The number of aryl methyl sites for hydroxylation is 1. The molecular formula is C9H11ClS. The minimum atomic E-state index is 0.749. The molecule has 0 unspecified atom stereocenters. The molecular weight excluding hydrogens is 176 g/mol. The van der Waals surface area contributed by atoms with Gasteiger partial charge in [0.2, 0.25) is 0 Å². The Balaban J connectivity index is 2.96. The zero-order valence-electron chi connectivity index (χ0n) is 6.47. The Morgan fingerprint density at radius 2 is 2.18 bits per heavy atom. The normalized spacial score (nSPS) is 10.1. The van der Waals surface area contributed by atoms with Crippen molar-refractivity contribution in [2.24, 2.45) is 0 Å². The van der Waals surface area contributed by atoms with E-state index in [1.807, 2.05) is 12.1 Å². The average Bonchev–Trinajstić information content (AvgIpc) is 1.99. The van der Waals surface area contributed by atoms with Crippen LogP contribution in [-0.2, 0) is 6.42 Å². The summed E-state index contributed by atoms with van der Waals surface area (Å²) in [5.74, 6) is 0. The molecule has 0 aliphatic heterocycles. The van der Waals surface area contributed by atoms with Crippen LogP contribution in [0.5, 0.6) is 0 Å². The van der Waals surface area contributed by atoms with Gasteiger partial charge in [-0.2, -0.15) is 0 Å². The summed E-state index contributed by atoms with van der Waals surface area (Å²) in [7, 11) is 0. The second-order valence-corrected chi connectivity index (χ2v) is 3.35. The summed E-state index contributed by atoms with van der Waals surface area (Å²) in [5.41, 5.74) is 1.24. The summed E-state index contributed by atoms with van der Waals surface area (Å²) < 4.78 is 0. The zero-order valence-corrected chi connectivity index (χ0v) is 8.12. The Morgan fingerprint density at radius 3 is 2.82 bits per heavy atom. The summed E-state index contributed by atoms with van der Waals surface area (Å²) in [6, 6.07) is 5.90. The molecule has 0 N–H and O–H groups in total. The lowest BCUT2D eigenvalue weighted by Gasteiger charge is -2.03. The molecule has 0 radical (unpaired) electrons. The maximum atomic E-state index is 5.87. The fraction of sp³-hybridized carbons (Fsp3) is 0.333. The zero-order chi connectivity index (χ0) is 8.27. The SMILES string of the molecule is CCCc1cccc(Cl)c1S. The fourth-order valence-electron chi connectivity index (χ4n) is 1.03. The second kappa shape index (κ2) is 4.03. The van der Waals surface area contributed by atoms with E-state index in [0.717, 1.165) is 22.8 Å². The molecule has 0 amide bonds. The molecule has 0 atom stereocenters. The third-order valence-electron chi connectivity index (χ3n) is 1.59. The summed E-state index contributed by atoms with van der Waals surface area (Å²) in [5, 5.41) is 0.749. The van der Waals surface area contributed by atoms with Crippen molar-refractivity contribution in [1.29, 1.82) is 0 Å². The van der Waals surface area contributed by atoms with Crippen molar-refractivity contribution in [3.63, 3.8) is 0 Å². The van der Waals surface area contributed by atoms with Crippen molar-refractivity contribution in [2.75, 3.05) is 0 Å². The van der Waals surface area contributed by atoms with Crippen molar-refractivity contribution in [3.8, 4) is 0 Å². The van der Waals surface area contributed by atoms with Gasteiger partial charge in [-0.25, -0.2) is 0 Å². The number of thiol groups is 1. The summed E-state index contributed by atoms with van der Waals surface area (Å²) in [4.78, 5) is 0.927. The molecule has 0 aromatic heterocycles. The van der Waals surface area contributed by atoms with E-state index in [-0.39, 0.29) is 0 Å². The molecule has 1 rings (SSSR count). The topological polar surface area (TPSA) is 0 Å². The lowest BCUT2D eigenvalue weighted by molar-refractivity contribution is 0.902. The molecule has 0 saturated carbocycles. The van der Waals surface area contributed by atoms with Crippen molar-refractivity contribution in [2.45, 2.75) is 24.7 Å². The van der Waals surface area contributed by atoms with Gasteiger partial charge in [0.15, 0.2) is 0 Å². The number of rotatable bonds is 2. The van der Waals surface area contributed by atoms with Crippen molar-refractivity contribution < 1.29 is 0 Å². The summed E-state index contributed by atoms with van der Waals surface area (Å²) in [6.07, 6.45) is 2.19. The molecule has 1 aromatic carbocycles. The Morgan fingerprint density at radius 1 is 1.45 bits per heavy atom. The van der Waals surface area contributed by atoms with Gasteiger partial charge in [0.05, 0.1) is 5.02 Å². The van der Waals surface area contributed by atoms with Gasteiger partial charge in [0.25, 0.3) is 0 Å². The van der Waals surface area contributed by atoms with E-state index in [9.17, 15) is 0 Å². The van der Waals surface area contributed by atoms with E-state index in [1.54, 1.807) is 0 Å². The Bertz CT molecular complexity index is 245. The molecule has 0 heterocycles. The molecule has 0 fully saturated rings. The predicted molar refractivity (Wildman–Crippen MR) is 52.7 cm³/mol. The highest BCUT2D eigenvalue weighted by Gasteiger charge is 2.00. The smallest absolute Gasteiger partial charge is 0.0542 e. The van der Waals surface area contributed by atoms with E-state index in [1.165, 1.54) is 5.56 Å². The third kappa shape index (κ3) is 2.14. The van der Waals surface area contributed by atoms with Crippen LogP contribution in [0.3, 0.4) is 0 Å². The van der Waals surface area contributed by atoms with Crippen LogP contribution in [0.25, 0.3) is 0 Å².